The molecule has 1 atom stereocenters. The van der Waals surface area contributed by atoms with Crippen LogP contribution in [0.3, 0.4) is 0 Å². The van der Waals surface area contributed by atoms with Crippen LogP contribution >= 0.6 is 0 Å². The normalized spacial score (nSPS) is 19.2. The van der Waals surface area contributed by atoms with Crippen LogP contribution in [0.15, 0.2) is 60.7 Å². The van der Waals surface area contributed by atoms with Gasteiger partial charge in [0, 0.05) is 30.4 Å². The summed E-state index contributed by atoms with van der Waals surface area (Å²) in [5, 5.41) is 2.74. The Kier molecular flexibility index (Phi) is 4.69. The van der Waals surface area contributed by atoms with Crippen LogP contribution in [-0.2, 0) is 10.2 Å². The molecule has 3 aromatic rings. The van der Waals surface area contributed by atoms with Crippen molar-refractivity contribution in [2.45, 2.75) is 11.8 Å². The number of amides is 2. The van der Waals surface area contributed by atoms with E-state index in [9.17, 15) is 14.0 Å². The van der Waals surface area contributed by atoms with E-state index in [2.05, 4.69) is 5.32 Å². The molecule has 0 radical (unpaired) electrons. The number of para-hydroxylation sites is 1. The van der Waals surface area contributed by atoms with Crippen molar-refractivity contribution in [2.75, 3.05) is 31.4 Å². The molecule has 34 heavy (non-hydrogen) atoms. The fraction of sp³-hybridized carbons (Fsp3) is 0.231. The summed E-state index contributed by atoms with van der Waals surface area (Å²) in [6, 6.07) is 17.2. The SMILES string of the molecule is O=C(NCCCN1C(=O)C2(COc3cc4c(cc32)OCO4)c2ccccc21)c1ccccc1F. The first-order chi connectivity index (χ1) is 16.6. The van der Waals surface area contributed by atoms with E-state index in [0.29, 0.717) is 36.8 Å². The van der Waals surface area contributed by atoms with Gasteiger partial charge in [0.15, 0.2) is 11.5 Å². The van der Waals surface area contributed by atoms with Gasteiger partial charge in [-0.15, -0.1) is 0 Å². The summed E-state index contributed by atoms with van der Waals surface area (Å²) in [6.07, 6.45) is 0.505. The summed E-state index contributed by atoms with van der Waals surface area (Å²) < 4.78 is 30.8. The Bertz CT molecular complexity index is 1330. The minimum Gasteiger partial charge on any atom is -0.491 e. The average Bonchev–Trinajstić information content (AvgIpc) is 3.52. The number of hydrogen-bond donors (Lipinski definition) is 1. The second kappa shape index (κ2) is 7.76. The molecule has 172 valence electrons. The third-order valence-corrected chi connectivity index (χ3v) is 6.61. The van der Waals surface area contributed by atoms with E-state index in [-0.39, 0.29) is 24.9 Å². The van der Waals surface area contributed by atoms with Crippen molar-refractivity contribution >= 4 is 17.5 Å². The maximum Gasteiger partial charge on any atom is 0.254 e. The number of carbonyl (C=O) groups is 2. The van der Waals surface area contributed by atoms with Gasteiger partial charge in [0.25, 0.3) is 5.91 Å². The first kappa shape index (κ1) is 20.5. The highest BCUT2D eigenvalue weighted by molar-refractivity contribution is 6.11. The van der Waals surface area contributed by atoms with Crippen LogP contribution in [-0.4, -0.2) is 38.3 Å². The van der Waals surface area contributed by atoms with Gasteiger partial charge in [-0.05, 0) is 36.2 Å². The molecule has 0 aromatic heterocycles. The van der Waals surface area contributed by atoms with Gasteiger partial charge in [-0.2, -0.15) is 0 Å². The molecule has 3 heterocycles. The Morgan fingerprint density at radius 1 is 0.971 bits per heavy atom. The number of nitrogens with one attached hydrogen (secondary N) is 1. The minimum absolute atomic E-state index is 0.00230. The third kappa shape index (κ3) is 2.95. The van der Waals surface area contributed by atoms with Crippen LogP contribution in [0.1, 0.15) is 27.9 Å². The van der Waals surface area contributed by atoms with Crippen molar-refractivity contribution in [3.05, 3.63) is 83.2 Å². The maximum atomic E-state index is 13.9. The van der Waals surface area contributed by atoms with Gasteiger partial charge in [-0.1, -0.05) is 30.3 Å². The number of hydrogen-bond acceptors (Lipinski definition) is 5. The molecule has 0 bridgehead atoms. The third-order valence-electron chi connectivity index (χ3n) is 6.61. The molecule has 8 heteroatoms. The van der Waals surface area contributed by atoms with E-state index < -0.39 is 17.1 Å². The fourth-order valence-corrected chi connectivity index (χ4v) is 4.97. The molecule has 3 aliphatic heterocycles. The van der Waals surface area contributed by atoms with Gasteiger partial charge >= 0.3 is 0 Å². The van der Waals surface area contributed by atoms with Crippen LogP contribution in [0.4, 0.5) is 10.1 Å². The first-order valence-electron chi connectivity index (χ1n) is 11.1. The van der Waals surface area contributed by atoms with Crippen LogP contribution < -0.4 is 24.4 Å². The number of rotatable bonds is 5. The molecule has 1 N–H and O–H groups in total. The van der Waals surface area contributed by atoms with Gasteiger partial charge in [-0.25, -0.2) is 4.39 Å². The number of anilines is 1. The van der Waals surface area contributed by atoms with Crippen LogP contribution in [0.2, 0.25) is 0 Å². The molecule has 0 fully saturated rings. The predicted octanol–water partition coefficient (Wildman–Crippen LogP) is 3.40. The molecule has 1 spiro atoms. The van der Waals surface area contributed by atoms with E-state index in [1.165, 1.54) is 18.2 Å². The molecular formula is C26H21FN2O5. The van der Waals surface area contributed by atoms with E-state index >= 15 is 0 Å². The maximum absolute atomic E-state index is 13.9. The van der Waals surface area contributed by atoms with Crippen molar-refractivity contribution < 1.29 is 28.2 Å². The standard InChI is InChI=1S/C26H21FN2O5/c27-19-8-3-1-6-16(19)24(30)28-10-5-11-29-20-9-4-2-7-17(20)26(25(29)31)14-32-21-13-23-22(12-18(21)26)33-15-34-23/h1-4,6-9,12-13H,5,10-11,14-15H2,(H,28,30). The summed E-state index contributed by atoms with van der Waals surface area (Å²) in [5.74, 6) is 0.710. The predicted molar refractivity (Wildman–Crippen MR) is 121 cm³/mol. The molecule has 2 amide bonds. The van der Waals surface area contributed by atoms with Gasteiger partial charge in [0.05, 0.1) is 5.56 Å². The lowest BCUT2D eigenvalue weighted by Crippen LogP contribution is -2.43. The number of fused-ring (bicyclic) bond motifs is 5. The zero-order valence-electron chi connectivity index (χ0n) is 18.2. The number of nitrogens with zero attached hydrogens (tertiary/aromatic N) is 1. The Labute approximate surface area is 195 Å². The van der Waals surface area contributed by atoms with E-state index in [0.717, 1.165) is 16.8 Å². The highest BCUT2D eigenvalue weighted by Crippen LogP contribution is 2.54. The van der Waals surface area contributed by atoms with Crippen LogP contribution in [0.25, 0.3) is 0 Å². The number of carbonyl (C=O) groups excluding carboxylic acids is 2. The lowest BCUT2D eigenvalue weighted by Gasteiger charge is -2.23. The van der Waals surface area contributed by atoms with Crippen molar-refractivity contribution in [1.29, 1.82) is 0 Å². The summed E-state index contributed by atoms with van der Waals surface area (Å²) in [7, 11) is 0. The van der Waals surface area contributed by atoms with Crippen molar-refractivity contribution in [1.82, 2.24) is 5.32 Å². The van der Waals surface area contributed by atoms with E-state index in [1.54, 1.807) is 17.0 Å². The highest BCUT2D eigenvalue weighted by atomic mass is 19.1. The van der Waals surface area contributed by atoms with E-state index in [4.69, 9.17) is 14.2 Å². The highest BCUT2D eigenvalue weighted by Gasteiger charge is 2.57. The Morgan fingerprint density at radius 3 is 2.59 bits per heavy atom. The molecular weight excluding hydrogens is 439 g/mol. The number of benzene rings is 3. The molecule has 1 unspecified atom stereocenters. The zero-order valence-corrected chi connectivity index (χ0v) is 18.2. The van der Waals surface area contributed by atoms with Gasteiger partial charge < -0.3 is 24.4 Å². The molecule has 0 saturated heterocycles. The van der Waals surface area contributed by atoms with Gasteiger partial charge in [-0.3, -0.25) is 9.59 Å². The summed E-state index contributed by atoms with van der Waals surface area (Å²) in [6.45, 7) is 1.04. The Morgan fingerprint density at radius 2 is 1.74 bits per heavy atom. The molecule has 6 rings (SSSR count). The van der Waals surface area contributed by atoms with Crippen LogP contribution in [0, 0.1) is 5.82 Å². The number of halogens is 1. The smallest absolute Gasteiger partial charge is 0.254 e. The largest absolute Gasteiger partial charge is 0.491 e. The quantitative estimate of drug-likeness (QED) is 0.591. The van der Waals surface area contributed by atoms with Crippen molar-refractivity contribution in [3.8, 4) is 17.2 Å². The van der Waals surface area contributed by atoms with Crippen molar-refractivity contribution in [3.63, 3.8) is 0 Å². The topological polar surface area (TPSA) is 77.1 Å². The van der Waals surface area contributed by atoms with E-state index in [1.807, 2.05) is 30.3 Å². The van der Waals surface area contributed by atoms with Crippen LogP contribution in [0.5, 0.6) is 17.2 Å². The monoisotopic (exact) mass is 460 g/mol. The molecule has 3 aliphatic rings. The lowest BCUT2D eigenvalue weighted by atomic mass is 9.77. The summed E-state index contributed by atoms with van der Waals surface area (Å²) in [4.78, 5) is 27.9. The first-order valence-corrected chi connectivity index (χ1v) is 11.1. The Hall–Kier alpha value is -4.07. The Balaban J connectivity index is 1.23. The zero-order chi connectivity index (χ0) is 23.3. The fourth-order valence-electron chi connectivity index (χ4n) is 4.97. The van der Waals surface area contributed by atoms with Gasteiger partial charge in [0.2, 0.25) is 12.7 Å². The van der Waals surface area contributed by atoms with Crippen molar-refractivity contribution in [2.24, 2.45) is 0 Å². The minimum atomic E-state index is -0.955. The molecule has 3 aromatic carbocycles. The molecule has 0 saturated carbocycles. The second-order valence-electron chi connectivity index (χ2n) is 8.46. The average molecular weight is 460 g/mol. The lowest BCUT2D eigenvalue weighted by molar-refractivity contribution is -0.122. The summed E-state index contributed by atoms with van der Waals surface area (Å²) in [5.41, 5.74) is 1.52. The second-order valence-corrected chi connectivity index (χ2v) is 8.46. The summed E-state index contributed by atoms with van der Waals surface area (Å²) >= 11 is 0. The van der Waals surface area contributed by atoms with Gasteiger partial charge in [0.1, 0.15) is 23.6 Å². The number of ether oxygens (including phenoxy) is 3. The molecule has 0 aliphatic carbocycles. The molecule has 7 nitrogen and oxygen atoms in total.